The van der Waals surface area contributed by atoms with Crippen molar-refractivity contribution in [1.29, 1.82) is 5.26 Å². The summed E-state index contributed by atoms with van der Waals surface area (Å²) >= 11 is 3.53. The van der Waals surface area contributed by atoms with E-state index in [2.05, 4.69) is 26.9 Å². The number of nitriles is 1. The van der Waals surface area contributed by atoms with Gasteiger partial charge in [-0.2, -0.15) is 5.26 Å². The van der Waals surface area contributed by atoms with Crippen LogP contribution in [0.5, 0.6) is 0 Å². The Morgan fingerprint density at radius 1 is 1.39 bits per heavy atom. The van der Waals surface area contributed by atoms with Gasteiger partial charge in [-0.1, -0.05) is 15.9 Å². The summed E-state index contributed by atoms with van der Waals surface area (Å²) in [6.45, 7) is 5.55. The molecule has 0 aromatic heterocycles. The summed E-state index contributed by atoms with van der Waals surface area (Å²) in [5.74, 6) is -0.728. The Hall–Kier alpha value is -2.46. The molecule has 2 heterocycles. The van der Waals surface area contributed by atoms with Crippen molar-refractivity contribution in [3.05, 3.63) is 51.0 Å². The van der Waals surface area contributed by atoms with Crippen LogP contribution in [0.1, 0.15) is 44.6 Å². The number of carbonyl (C=O) groups is 1. The van der Waals surface area contributed by atoms with E-state index in [1.165, 1.54) is 6.42 Å². The molecule has 7 heteroatoms. The average molecular weight is 446 g/mol. The summed E-state index contributed by atoms with van der Waals surface area (Å²) in [5, 5.41) is 9.81. The molecule has 1 aromatic carbocycles. The summed E-state index contributed by atoms with van der Waals surface area (Å²) in [5.41, 5.74) is 8.44. The largest absolute Gasteiger partial charge is 0.463 e. The van der Waals surface area contributed by atoms with Gasteiger partial charge in [-0.15, -0.1) is 0 Å². The van der Waals surface area contributed by atoms with Gasteiger partial charge < -0.3 is 20.1 Å². The predicted molar refractivity (Wildman–Crippen MR) is 110 cm³/mol. The van der Waals surface area contributed by atoms with Gasteiger partial charge in [-0.3, -0.25) is 0 Å². The van der Waals surface area contributed by atoms with Crippen molar-refractivity contribution >= 4 is 27.6 Å². The summed E-state index contributed by atoms with van der Waals surface area (Å²) in [4.78, 5) is 15.1. The molecule has 1 saturated heterocycles. The molecule has 0 saturated carbocycles. The topological polar surface area (TPSA) is 88.6 Å². The van der Waals surface area contributed by atoms with Gasteiger partial charge >= 0.3 is 5.97 Å². The first-order valence-electron chi connectivity index (χ1n) is 9.47. The summed E-state index contributed by atoms with van der Waals surface area (Å²) in [6, 6.07) is 8.12. The molecule has 0 amide bonds. The van der Waals surface area contributed by atoms with Crippen LogP contribution in [-0.2, 0) is 14.3 Å². The molecule has 28 heavy (non-hydrogen) atoms. The number of ether oxygens (including phenoxy) is 2. The molecule has 0 spiro atoms. The van der Waals surface area contributed by atoms with Crippen molar-refractivity contribution in [3.8, 4) is 6.07 Å². The van der Waals surface area contributed by atoms with Gasteiger partial charge in [0.15, 0.2) is 0 Å². The van der Waals surface area contributed by atoms with E-state index in [0.717, 1.165) is 41.7 Å². The Labute approximate surface area is 173 Å². The fourth-order valence-corrected chi connectivity index (χ4v) is 4.22. The van der Waals surface area contributed by atoms with Gasteiger partial charge in [-0.25, -0.2) is 4.79 Å². The Kier molecular flexibility index (Phi) is 6.30. The highest BCUT2D eigenvalue weighted by molar-refractivity contribution is 9.10. The van der Waals surface area contributed by atoms with Crippen LogP contribution >= 0.6 is 15.9 Å². The maximum atomic E-state index is 12.8. The Morgan fingerprint density at radius 3 is 2.75 bits per heavy atom. The van der Waals surface area contributed by atoms with Crippen molar-refractivity contribution in [1.82, 2.24) is 0 Å². The van der Waals surface area contributed by atoms with E-state index in [4.69, 9.17) is 15.2 Å². The number of allylic oxidation sites excluding steroid dienone is 2. The second-order valence-electron chi connectivity index (χ2n) is 6.87. The van der Waals surface area contributed by atoms with Gasteiger partial charge in [0.1, 0.15) is 17.4 Å². The van der Waals surface area contributed by atoms with Crippen LogP contribution in [0.3, 0.4) is 0 Å². The van der Waals surface area contributed by atoms with Crippen molar-refractivity contribution in [2.45, 2.75) is 39.0 Å². The molecule has 0 radical (unpaired) electrons. The highest BCUT2D eigenvalue weighted by Crippen LogP contribution is 2.44. The third kappa shape index (κ3) is 3.88. The lowest BCUT2D eigenvalue weighted by Crippen LogP contribution is -2.32. The molecule has 0 aliphatic carbocycles. The minimum Gasteiger partial charge on any atom is -0.463 e. The van der Waals surface area contributed by atoms with Crippen molar-refractivity contribution in [2.75, 3.05) is 24.6 Å². The zero-order valence-electron chi connectivity index (χ0n) is 16.1. The van der Waals surface area contributed by atoms with Crippen LogP contribution in [0, 0.1) is 11.3 Å². The number of nitrogens with two attached hydrogens (primary N) is 1. The Balaban J connectivity index is 2.19. The maximum Gasteiger partial charge on any atom is 0.338 e. The monoisotopic (exact) mass is 445 g/mol. The number of nitrogens with zero attached hydrogens (tertiary/aromatic N) is 2. The molecule has 2 aliphatic heterocycles. The van der Waals surface area contributed by atoms with E-state index in [1.54, 1.807) is 13.8 Å². The molecule has 0 bridgehead atoms. The third-order valence-electron chi connectivity index (χ3n) is 5.10. The first kappa shape index (κ1) is 20.3. The number of rotatable bonds is 4. The second kappa shape index (κ2) is 8.70. The lowest BCUT2D eigenvalue weighted by molar-refractivity contribution is -0.139. The number of carbonyl (C=O) groups excluding carboxylic acids is 1. The number of anilines is 1. The number of hydrogen-bond donors (Lipinski definition) is 1. The summed E-state index contributed by atoms with van der Waals surface area (Å²) < 4.78 is 11.7. The van der Waals surface area contributed by atoms with Gasteiger partial charge in [0, 0.05) is 23.2 Å². The van der Waals surface area contributed by atoms with Gasteiger partial charge in [-0.05, 0) is 56.9 Å². The molecule has 2 N–H and O–H groups in total. The SMILES string of the molecule is CCOC(=O)C1=C(C)OC(N)=C(C#N)C1c1cc(Br)ccc1N1CCCCC1. The number of hydrogen-bond acceptors (Lipinski definition) is 6. The molecular formula is C21H24BrN3O3. The molecular weight excluding hydrogens is 422 g/mol. The average Bonchev–Trinajstić information content (AvgIpc) is 2.68. The highest BCUT2D eigenvalue weighted by Gasteiger charge is 2.38. The van der Waals surface area contributed by atoms with E-state index < -0.39 is 11.9 Å². The molecule has 1 fully saturated rings. The minimum absolute atomic E-state index is 0.0302. The lowest BCUT2D eigenvalue weighted by atomic mass is 9.82. The van der Waals surface area contributed by atoms with Gasteiger partial charge in [0.2, 0.25) is 5.88 Å². The first-order chi connectivity index (χ1) is 13.5. The van der Waals surface area contributed by atoms with Crippen LogP contribution in [0.4, 0.5) is 5.69 Å². The first-order valence-corrected chi connectivity index (χ1v) is 10.3. The fraction of sp³-hybridized carbons (Fsp3) is 0.429. The highest BCUT2D eigenvalue weighted by atomic mass is 79.9. The molecule has 1 aromatic rings. The molecule has 1 atom stereocenters. The van der Waals surface area contributed by atoms with E-state index >= 15 is 0 Å². The van der Waals surface area contributed by atoms with Gasteiger partial charge in [0.05, 0.1) is 18.1 Å². The number of halogens is 1. The Bertz CT molecular complexity index is 879. The number of benzene rings is 1. The van der Waals surface area contributed by atoms with E-state index in [0.29, 0.717) is 11.3 Å². The zero-order chi connectivity index (χ0) is 20.3. The normalized spacial score (nSPS) is 19.9. The van der Waals surface area contributed by atoms with Crippen molar-refractivity contribution < 1.29 is 14.3 Å². The second-order valence-corrected chi connectivity index (χ2v) is 7.78. The van der Waals surface area contributed by atoms with E-state index in [1.807, 2.05) is 18.2 Å². The lowest BCUT2D eigenvalue weighted by Gasteiger charge is -2.34. The molecule has 2 aliphatic rings. The van der Waals surface area contributed by atoms with E-state index in [9.17, 15) is 10.1 Å². The van der Waals surface area contributed by atoms with Crippen LogP contribution in [0.15, 0.2) is 45.5 Å². The third-order valence-corrected chi connectivity index (χ3v) is 5.59. The Morgan fingerprint density at radius 2 is 2.11 bits per heavy atom. The van der Waals surface area contributed by atoms with Crippen molar-refractivity contribution in [2.24, 2.45) is 5.73 Å². The van der Waals surface area contributed by atoms with Crippen molar-refractivity contribution in [3.63, 3.8) is 0 Å². The minimum atomic E-state index is -0.632. The number of piperidine rings is 1. The van der Waals surface area contributed by atoms with Gasteiger partial charge in [0.25, 0.3) is 0 Å². The maximum absolute atomic E-state index is 12.8. The van der Waals surface area contributed by atoms with Crippen LogP contribution in [-0.4, -0.2) is 25.7 Å². The fourth-order valence-electron chi connectivity index (χ4n) is 3.85. The standard InChI is InChI=1S/C21H24BrN3O3/c1-3-27-21(26)18-13(2)28-20(24)16(12-23)19(18)15-11-14(22)7-8-17(15)25-9-5-4-6-10-25/h7-8,11,19H,3-6,9-10,24H2,1-2H3. The van der Waals surface area contributed by atoms with Crippen LogP contribution in [0.25, 0.3) is 0 Å². The predicted octanol–water partition coefficient (Wildman–Crippen LogP) is 4.08. The van der Waals surface area contributed by atoms with E-state index in [-0.39, 0.29) is 18.1 Å². The molecule has 6 nitrogen and oxygen atoms in total. The number of esters is 1. The molecule has 148 valence electrons. The molecule has 1 unspecified atom stereocenters. The summed E-state index contributed by atoms with van der Waals surface area (Å²) in [6.07, 6.45) is 3.45. The van der Waals surface area contributed by atoms with Crippen LogP contribution in [0.2, 0.25) is 0 Å². The van der Waals surface area contributed by atoms with Crippen LogP contribution < -0.4 is 10.6 Å². The quantitative estimate of drug-likeness (QED) is 0.702. The zero-order valence-corrected chi connectivity index (χ0v) is 17.7. The smallest absolute Gasteiger partial charge is 0.338 e. The molecule has 3 rings (SSSR count). The summed E-state index contributed by atoms with van der Waals surface area (Å²) in [7, 11) is 0.